The van der Waals surface area contributed by atoms with E-state index in [-0.39, 0.29) is 11.8 Å². The smallest absolute Gasteiger partial charge is 0.216 e. The summed E-state index contributed by atoms with van der Waals surface area (Å²) in [7, 11) is -3.38. The van der Waals surface area contributed by atoms with Crippen LogP contribution in [0.1, 0.15) is 30.5 Å². The normalized spacial score (nSPS) is 11.2. The molecule has 0 amide bonds. The van der Waals surface area contributed by atoms with Gasteiger partial charge in [0.2, 0.25) is 10.0 Å². The van der Waals surface area contributed by atoms with Gasteiger partial charge in [-0.2, -0.15) is 5.26 Å². The fourth-order valence-electron chi connectivity index (χ4n) is 2.23. The third-order valence-electron chi connectivity index (χ3n) is 3.23. The second kappa shape index (κ2) is 7.90. The minimum Gasteiger partial charge on any atom is -0.366 e. The lowest BCUT2D eigenvalue weighted by molar-refractivity contribution is 0.569. The molecule has 0 saturated heterocycles. The van der Waals surface area contributed by atoms with E-state index in [0.717, 1.165) is 11.1 Å². The largest absolute Gasteiger partial charge is 0.366 e. The van der Waals surface area contributed by atoms with Crippen LogP contribution in [0.25, 0.3) is 0 Å². The average Bonchev–Trinajstić information content (AvgIpc) is 2.53. The van der Waals surface area contributed by atoms with Gasteiger partial charge in [-0.05, 0) is 37.1 Å². The highest BCUT2D eigenvalue weighted by Crippen LogP contribution is 2.14. The Balaban J connectivity index is 2.09. The number of rotatable bonds is 7. The van der Waals surface area contributed by atoms with Crippen molar-refractivity contribution in [1.29, 1.82) is 5.26 Å². The van der Waals surface area contributed by atoms with Crippen molar-refractivity contribution in [3.05, 3.63) is 59.3 Å². The molecular weight excluding hydrogens is 324 g/mol. The molecule has 0 aliphatic carbocycles. The van der Waals surface area contributed by atoms with Crippen molar-refractivity contribution in [1.82, 2.24) is 9.71 Å². The van der Waals surface area contributed by atoms with Crippen molar-refractivity contribution < 1.29 is 8.42 Å². The Hall–Kier alpha value is -2.43. The highest BCUT2D eigenvalue weighted by atomic mass is 32.2. The van der Waals surface area contributed by atoms with E-state index in [1.54, 1.807) is 26.0 Å². The summed E-state index contributed by atoms with van der Waals surface area (Å²) in [5.74, 6) is 0.566. The first-order chi connectivity index (χ1) is 11.4. The van der Waals surface area contributed by atoms with Crippen LogP contribution in [-0.4, -0.2) is 19.4 Å². The number of pyridine rings is 1. The number of hydrogen-bond donors (Lipinski definition) is 2. The standard InChI is InChI=1S/C17H20N4O2S/c1-13(2)21-24(22,23)12-16-6-4-3-5-15(16)11-20-17-8-7-14(9-18)10-19-17/h3-8,10,13,21H,11-12H2,1-2H3,(H,19,20). The Morgan fingerprint density at radius 1 is 1.17 bits per heavy atom. The minimum absolute atomic E-state index is 0.0656. The number of nitrogens with one attached hydrogen (secondary N) is 2. The maximum Gasteiger partial charge on any atom is 0.216 e. The molecule has 0 saturated carbocycles. The van der Waals surface area contributed by atoms with Gasteiger partial charge >= 0.3 is 0 Å². The number of anilines is 1. The predicted molar refractivity (Wildman–Crippen MR) is 93.6 cm³/mol. The number of benzene rings is 1. The molecule has 0 aliphatic rings. The Morgan fingerprint density at radius 2 is 1.88 bits per heavy atom. The van der Waals surface area contributed by atoms with E-state index in [0.29, 0.717) is 17.9 Å². The van der Waals surface area contributed by atoms with Crippen LogP contribution in [0.15, 0.2) is 42.6 Å². The Labute approximate surface area is 142 Å². The second-order valence-corrected chi connectivity index (χ2v) is 7.45. The quantitative estimate of drug-likeness (QED) is 0.804. The third-order valence-corrected chi connectivity index (χ3v) is 4.75. The van der Waals surface area contributed by atoms with Crippen molar-refractivity contribution >= 4 is 15.8 Å². The first-order valence-corrected chi connectivity index (χ1v) is 9.21. The molecule has 24 heavy (non-hydrogen) atoms. The first kappa shape index (κ1) is 17.9. The van der Waals surface area contributed by atoms with Gasteiger partial charge in [0.1, 0.15) is 11.9 Å². The van der Waals surface area contributed by atoms with E-state index < -0.39 is 10.0 Å². The summed E-state index contributed by atoms with van der Waals surface area (Å²) < 4.78 is 26.9. The average molecular weight is 344 g/mol. The van der Waals surface area contributed by atoms with E-state index >= 15 is 0 Å². The molecule has 1 aromatic carbocycles. The highest BCUT2D eigenvalue weighted by Gasteiger charge is 2.15. The van der Waals surface area contributed by atoms with E-state index in [1.165, 1.54) is 6.20 Å². The van der Waals surface area contributed by atoms with Gasteiger partial charge in [-0.1, -0.05) is 24.3 Å². The molecule has 0 fully saturated rings. The minimum atomic E-state index is -3.38. The molecule has 0 aliphatic heterocycles. The van der Waals surface area contributed by atoms with Gasteiger partial charge < -0.3 is 5.32 Å². The summed E-state index contributed by atoms with van der Waals surface area (Å²) in [6.07, 6.45) is 1.49. The number of hydrogen-bond acceptors (Lipinski definition) is 5. The molecule has 0 atom stereocenters. The Morgan fingerprint density at radius 3 is 2.46 bits per heavy atom. The molecule has 1 aromatic heterocycles. The van der Waals surface area contributed by atoms with E-state index in [2.05, 4.69) is 15.0 Å². The summed E-state index contributed by atoms with van der Waals surface area (Å²) in [5, 5.41) is 11.9. The summed E-state index contributed by atoms with van der Waals surface area (Å²) in [4.78, 5) is 4.14. The summed E-state index contributed by atoms with van der Waals surface area (Å²) in [6, 6.07) is 12.7. The molecule has 1 heterocycles. The maximum absolute atomic E-state index is 12.1. The van der Waals surface area contributed by atoms with Gasteiger partial charge in [0.05, 0.1) is 11.3 Å². The van der Waals surface area contributed by atoms with Crippen LogP contribution in [0.3, 0.4) is 0 Å². The molecule has 0 spiro atoms. The Kier molecular flexibility index (Phi) is 5.90. The van der Waals surface area contributed by atoms with E-state index in [4.69, 9.17) is 5.26 Å². The zero-order chi connectivity index (χ0) is 17.6. The van der Waals surface area contributed by atoms with Crippen molar-refractivity contribution in [3.63, 3.8) is 0 Å². The summed E-state index contributed by atoms with van der Waals surface area (Å²) >= 11 is 0. The molecule has 2 aromatic rings. The van der Waals surface area contributed by atoms with Crippen molar-refractivity contribution in [2.75, 3.05) is 5.32 Å². The van der Waals surface area contributed by atoms with Crippen molar-refractivity contribution in [2.45, 2.75) is 32.2 Å². The van der Waals surface area contributed by atoms with Crippen LogP contribution < -0.4 is 10.0 Å². The predicted octanol–water partition coefficient (Wildman–Crippen LogP) is 2.39. The first-order valence-electron chi connectivity index (χ1n) is 7.56. The van der Waals surface area contributed by atoms with Gasteiger partial charge in [-0.15, -0.1) is 0 Å². The fourth-order valence-corrected chi connectivity index (χ4v) is 3.72. The molecule has 0 radical (unpaired) electrons. The molecule has 2 rings (SSSR count). The molecule has 126 valence electrons. The van der Waals surface area contributed by atoms with E-state index in [9.17, 15) is 8.42 Å². The molecule has 6 nitrogen and oxygen atoms in total. The zero-order valence-corrected chi connectivity index (χ0v) is 14.5. The highest BCUT2D eigenvalue weighted by molar-refractivity contribution is 7.88. The lowest BCUT2D eigenvalue weighted by atomic mass is 10.1. The molecule has 0 unspecified atom stereocenters. The number of sulfonamides is 1. The van der Waals surface area contributed by atoms with Gasteiger partial charge in [-0.25, -0.2) is 18.1 Å². The van der Waals surface area contributed by atoms with Crippen LogP contribution in [-0.2, 0) is 22.3 Å². The van der Waals surface area contributed by atoms with Crippen LogP contribution in [0.4, 0.5) is 5.82 Å². The van der Waals surface area contributed by atoms with E-state index in [1.807, 2.05) is 30.3 Å². The van der Waals surface area contributed by atoms with Crippen molar-refractivity contribution in [2.24, 2.45) is 0 Å². The SMILES string of the molecule is CC(C)NS(=O)(=O)Cc1ccccc1CNc1ccc(C#N)cn1. The van der Waals surface area contributed by atoms with Crippen LogP contribution in [0.5, 0.6) is 0 Å². The van der Waals surface area contributed by atoms with Gasteiger partial charge in [-0.3, -0.25) is 0 Å². The number of nitriles is 1. The molecule has 0 bridgehead atoms. The number of aromatic nitrogens is 1. The Bertz CT molecular complexity index is 824. The topological polar surface area (TPSA) is 94.9 Å². The lowest BCUT2D eigenvalue weighted by Gasteiger charge is -2.13. The third kappa shape index (κ3) is 5.33. The number of nitrogens with zero attached hydrogens (tertiary/aromatic N) is 2. The summed E-state index contributed by atoms with van der Waals surface area (Å²) in [5.41, 5.74) is 2.12. The zero-order valence-electron chi connectivity index (χ0n) is 13.7. The summed E-state index contributed by atoms with van der Waals surface area (Å²) in [6.45, 7) is 4.04. The molecule has 2 N–H and O–H groups in total. The van der Waals surface area contributed by atoms with Crippen LogP contribution >= 0.6 is 0 Å². The van der Waals surface area contributed by atoms with Crippen LogP contribution in [0, 0.1) is 11.3 Å². The molecular formula is C17H20N4O2S. The lowest BCUT2D eigenvalue weighted by Crippen LogP contribution is -2.31. The second-order valence-electron chi connectivity index (χ2n) is 5.70. The van der Waals surface area contributed by atoms with Crippen LogP contribution in [0.2, 0.25) is 0 Å². The molecule has 7 heteroatoms. The maximum atomic E-state index is 12.1. The van der Waals surface area contributed by atoms with Crippen molar-refractivity contribution in [3.8, 4) is 6.07 Å². The van der Waals surface area contributed by atoms with Gasteiger partial charge in [0, 0.05) is 18.8 Å². The fraction of sp³-hybridized carbons (Fsp3) is 0.294. The van der Waals surface area contributed by atoms with Gasteiger partial charge in [0.15, 0.2) is 0 Å². The van der Waals surface area contributed by atoms with Gasteiger partial charge in [0.25, 0.3) is 0 Å². The monoisotopic (exact) mass is 344 g/mol.